The van der Waals surface area contributed by atoms with Gasteiger partial charge in [0.25, 0.3) is 0 Å². The average Bonchev–Trinajstić information content (AvgIpc) is 3.21. The van der Waals surface area contributed by atoms with Crippen LogP contribution in [-0.4, -0.2) is 18.9 Å². The summed E-state index contributed by atoms with van der Waals surface area (Å²) in [7, 11) is 2.65. The smallest absolute Gasteiger partial charge is 0.0145 e. The molecule has 2 rings (SSSR count). The summed E-state index contributed by atoms with van der Waals surface area (Å²) in [6.45, 7) is 24.4. The van der Waals surface area contributed by atoms with Crippen LogP contribution in [-0.2, 0) is 0 Å². The van der Waals surface area contributed by atoms with Crippen molar-refractivity contribution in [2.75, 3.05) is 13.2 Å². The lowest BCUT2D eigenvalue weighted by molar-refractivity contribution is 0.391. The van der Waals surface area contributed by atoms with E-state index in [-0.39, 0.29) is 0 Å². The Kier molecular flexibility index (Phi) is 24.2. The number of rotatable bonds is 9. The second-order valence-electron chi connectivity index (χ2n) is 11.0. The molecule has 0 aromatic heterocycles. The van der Waals surface area contributed by atoms with Crippen molar-refractivity contribution < 1.29 is 0 Å². The van der Waals surface area contributed by atoms with E-state index in [9.17, 15) is 0 Å². The van der Waals surface area contributed by atoms with Gasteiger partial charge in [0.15, 0.2) is 0 Å². The number of hydrogen-bond acceptors (Lipinski definition) is 1. The summed E-state index contributed by atoms with van der Waals surface area (Å²) in [5.74, 6) is 1.68. The Labute approximate surface area is 218 Å². The standard InChI is InChI=1S/C13H22.C11H21P.C7H16.CH5N/c1-9(2)13(10(3)4)12-8-6-7-11(12)5;1-9(2)8-12-11-6-4-10(3)5-7-11;1-3-5-7-6-4-2;1-2/h9H,6-8H2,1-5H3;10-12H,1,4-8H2,2-3H3;3-7H2,1-2H3;2H2,1H3. The molecular weight excluding hydrogens is 429 g/mol. The van der Waals surface area contributed by atoms with Crippen LogP contribution in [0.5, 0.6) is 0 Å². The molecule has 0 aliphatic heterocycles. The Hall–Kier alpha value is -0.390. The molecule has 0 aromatic carbocycles. The molecule has 0 aromatic rings. The molecule has 1 saturated carbocycles. The molecule has 0 radical (unpaired) electrons. The minimum atomic E-state index is 0.688. The van der Waals surface area contributed by atoms with Crippen molar-refractivity contribution in [3.8, 4) is 0 Å². The minimum Gasteiger partial charge on any atom is -0.333 e. The highest BCUT2D eigenvalue weighted by molar-refractivity contribution is 7.39. The molecule has 1 fully saturated rings. The molecular formula is C32H64NP. The predicted molar refractivity (Wildman–Crippen MR) is 164 cm³/mol. The highest BCUT2D eigenvalue weighted by Gasteiger charge is 2.18. The lowest BCUT2D eigenvalue weighted by Gasteiger charge is -2.26. The van der Waals surface area contributed by atoms with Crippen LogP contribution in [0.15, 0.2) is 34.4 Å². The SMILES string of the molecule is C=C(C)CPC1CCC(C)CC1.CC(C)=C(C1=C(C)CCC1)C(C)C.CCCCCCC.CN. The Balaban J connectivity index is 0. The molecule has 202 valence electrons. The van der Waals surface area contributed by atoms with Crippen molar-refractivity contribution in [2.24, 2.45) is 17.6 Å². The van der Waals surface area contributed by atoms with Crippen LogP contribution in [0.1, 0.15) is 139 Å². The fourth-order valence-corrected chi connectivity index (χ4v) is 6.33. The Morgan fingerprint density at radius 2 is 1.47 bits per heavy atom. The van der Waals surface area contributed by atoms with Gasteiger partial charge in [-0.1, -0.05) is 103 Å². The van der Waals surface area contributed by atoms with Crippen molar-refractivity contribution >= 4 is 8.58 Å². The summed E-state index contributed by atoms with van der Waals surface area (Å²) < 4.78 is 0. The summed E-state index contributed by atoms with van der Waals surface area (Å²) in [6.07, 6.45) is 18.2. The molecule has 0 heterocycles. The van der Waals surface area contributed by atoms with Gasteiger partial charge in [0.2, 0.25) is 0 Å². The van der Waals surface area contributed by atoms with E-state index in [4.69, 9.17) is 0 Å². The van der Waals surface area contributed by atoms with Crippen LogP contribution in [0.3, 0.4) is 0 Å². The predicted octanol–water partition coefficient (Wildman–Crippen LogP) is 10.9. The van der Waals surface area contributed by atoms with E-state index in [1.54, 1.807) is 16.7 Å². The van der Waals surface area contributed by atoms with Crippen molar-refractivity contribution in [1.82, 2.24) is 0 Å². The van der Waals surface area contributed by atoms with Crippen molar-refractivity contribution in [3.63, 3.8) is 0 Å². The van der Waals surface area contributed by atoms with E-state index in [0.29, 0.717) is 5.92 Å². The Morgan fingerprint density at radius 3 is 1.82 bits per heavy atom. The molecule has 2 aliphatic carbocycles. The lowest BCUT2D eigenvalue weighted by atomic mass is 9.89. The molecule has 1 unspecified atom stereocenters. The summed E-state index contributed by atoms with van der Waals surface area (Å²) in [4.78, 5) is 0. The molecule has 0 spiro atoms. The van der Waals surface area contributed by atoms with Gasteiger partial charge in [-0.05, 0) is 102 Å². The maximum atomic E-state index is 4.50. The first-order valence-electron chi connectivity index (χ1n) is 14.5. The summed E-state index contributed by atoms with van der Waals surface area (Å²) in [5.41, 5.74) is 13.3. The normalized spacial score (nSPS) is 19.6. The quantitative estimate of drug-likeness (QED) is 0.193. The zero-order valence-corrected chi connectivity index (χ0v) is 26.2. The third-order valence-corrected chi connectivity index (χ3v) is 8.81. The van der Waals surface area contributed by atoms with Crippen LogP contribution in [0.4, 0.5) is 0 Å². The van der Waals surface area contributed by atoms with Gasteiger partial charge in [-0.3, -0.25) is 0 Å². The maximum Gasteiger partial charge on any atom is -0.0145 e. The number of allylic oxidation sites excluding steroid dienone is 5. The minimum absolute atomic E-state index is 0.688. The molecule has 2 N–H and O–H groups in total. The highest BCUT2D eigenvalue weighted by Crippen LogP contribution is 2.36. The van der Waals surface area contributed by atoms with Gasteiger partial charge in [-0.15, -0.1) is 8.58 Å². The zero-order valence-electron chi connectivity index (χ0n) is 25.2. The monoisotopic (exact) mass is 493 g/mol. The fraction of sp³-hybridized carbons (Fsp3) is 0.812. The summed E-state index contributed by atoms with van der Waals surface area (Å²) in [5, 5.41) is 0. The van der Waals surface area contributed by atoms with Crippen LogP contribution >= 0.6 is 8.58 Å². The van der Waals surface area contributed by atoms with Gasteiger partial charge in [-0.2, -0.15) is 0 Å². The molecule has 0 bridgehead atoms. The van der Waals surface area contributed by atoms with Gasteiger partial charge in [0.1, 0.15) is 0 Å². The molecule has 1 nitrogen and oxygen atoms in total. The second-order valence-corrected chi connectivity index (χ2v) is 12.6. The number of hydrogen-bond donors (Lipinski definition) is 1. The van der Waals surface area contributed by atoms with E-state index in [0.717, 1.165) is 20.2 Å². The summed E-state index contributed by atoms with van der Waals surface area (Å²) in [6, 6.07) is 0. The molecule has 2 heteroatoms. The third kappa shape index (κ3) is 18.0. The second kappa shape index (κ2) is 23.0. The van der Waals surface area contributed by atoms with Gasteiger partial charge in [0, 0.05) is 0 Å². The van der Waals surface area contributed by atoms with Crippen molar-refractivity contribution in [1.29, 1.82) is 0 Å². The average molecular weight is 494 g/mol. The molecule has 0 amide bonds. The van der Waals surface area contributed by atoms with Crippen molar-refractivity contribution in [3.05, 3.63) is 34.4 Å². The van der Waals surface area contributed by atoms with Gasteiger partial charge >= 0.3 is 0 Å². The van der Waals surface area contributed by atoms with Gasteiger partial charge < -0.3 is 5.73 Å². The van der Waals surface area contributed by atoms with E-state index in [2.05, 4.69) is 74.6 Å². The van der Waals surface area contributed by atoms with Crippen LogP contribution in [0, 0.1) is 11.8 Å². The van der Waals surface area contributed by atoms with E-state index in [1.807, 2.05) is 0 Å². The molecule has 2 aliphatic rings. The lowest BCUT2D eigenvalue weighted by Crippen LogP contribution is -2.13. The van der Waals surface area contributed by atoms with Crippen LogP contribution < -0.4 is 5.73 Å². The molecule has 1 atom stereocenters. The van der Waals surface area contributed by atoms with Crippen molar-refractivity contribution in [2.45, 2.75) is 145 Å². The van der Waals surface area contributed by atoms with Crippen LogP contribution in [0.25, 0.3) is 0 Å². The maximum absolute atomic E-state index is 4.50. The fourth-order valence-electron chi connectivity index (χ4n) is 4.95. The van der Waals surface area contributed by atoms with E-state index < -0.39 is 0 Å². The topological polar surface area (TPSA) is 26.0 Å². The largest absolute Gasteiger partial charge is 0.333 e. The third-order valence-electron chi connectivity index (χ3n) is 6.85. The van der Waals surface area contributed by atoms with E-state index in [1.165, 1.54) is 101 Å². The Morgan fingerprint density at radius 1 is 0.941 bits per heavy atom. The van der Waals surface area contributed by atoms with Crippen LogP contribution in [0.2, 0.25) is 0 Å². The molecule has 0 saturated heterocycles. The van der Waals surface area contributed by atoms with Gasteiger partial charge in [0.05, 0.1) is 0 Å². The van der Waals surface area contributed by atoms with E-state index >= 15 is 0 Å². The molecule has 34 heavy (non-hydrogen) atoms. The first-order valence-corrected chi connectivity index (χ1v) is 15.7. The zero-order chi connectivity index (χ0) is 26.5. The first-order chi connectivity index (χ1) is 16.1. The van der Waals surface area contributed by atoms with Gasteiger partial charge in [-0.25, -0.2) is 0 Å². The summed E-state index contributed by atoms with van der Waals surface area (Å²) >= 11 is 0. The highest BCUT2D eigenvalue weighted by atomic mass is 31.1. The first kappa shape index (κ1) is 35.8. The Bertz CT molecular complexity index is 554. The number of unbranched alkanes of at least 4 members (excludes halogenated alkanes) is 4. The number of nitrogens with two attached hydrogens (primary N) is 1.